The predicted octanol–water partition coefficient (Wildman–Crippen LogP) is 4.03. The van der Waals surface area contributed by atoms with Gasteiger partial charge in [0.05, 0.1) is 24.5 Å². The molecule has 7 heteroatoms. The van der Waals surface area contributed by atoms with E-state index in [1.165, 1.54) is 0 Å². The van der Waals surface area contributed by atoms with E-state index in [1.807, 2.05) is 48.7 Å². The van der Waals surface area contributed by atoms with Crippen molar-refractivity contribution in [1.82, 2.24) is 9.99 Å². The highest BCUT2D eigenvalue weighted by atomic mass is 16.5. The Bertz CT molecular complexity index is 1170. The average molecular weight is 428 g/mol. The molecular weight excluding hydrogens is 404 g/mol. The third kappa shape index (κ3) is 4.93. The Morgan fingerprint density at radius 1 is 1.16 bits per heavy atom. The lowest BCUT2D eigenvalue weighted by Crippen LogP contribution is -2.24. The van der Waals surface area contributed by atoms with Gasteiger partial charge in [-0.05, 0) is 56.7 Å². The average Bonchev–Trinajstić information content (AvgIpc) is 3.08. The van der Waals surface area contributed by atoms with Crippen molar-refractivity contribution in [2.24, 2.45) is 5.10 Å². The van der Waals surface area contributed by atoms with Crippen LogP contribution >= 0.6 is 0 Å². The maximum atomic E-state index is 12.4. The van der Waals surface area contributed by atoms with Gasteiger partial charge >= 0.3 is 5.97 Å². The molecule has 1 amide bonds. The fourth-order valence-electron chi connectivity index (χ4n) is 3.44. The Labute approximate surface area is 186 Å². The van der Waals surface area contributed by atoms with Crippen LogP contribution in [-0.4, -0.2) is 29.3 Å². The van der Waals surface area contributed by atoms with Crippen LogP contribution in [0.4, 0.5) is 0 Å². The lowest BCUT2D eigenvalue weighted by Gasteiger charge is -2.10. The number of amides is 1. The molecule has 1 N–H and O–H groups in total. The van der Waals surface area contributed by atoms with Crippen molar-refractivity contribution in [3.63, 3.8) is 0 Å². The zero-order valence-electron chi connectivity index (χ0n) is 18.2. The molecule has 1 atom stereocenters. The quantitative estimate of drug-likeness (QED) is 0.349. The fourth-order valence-corrected chi connectivity index (χ4v) is 3.44. The number of nitrogens with one attached hydrogen (secondary N) is 1. The number of ether oxygens (including phenoxy) is 1. The minimum absolute atomic E-state index is 0.329. The van der Waals surface area contributed by atoms with Crippen LogP contribution in [-0.2, 0) is 9.53 Å². The van der Waals surface area contributed by atoms with Gasteiger partial charge in [-0.1, -0.05) is 30.3 Å². The second-order valence-electron chi connectivity index (χ2n) is 7.14. The first-order valence-electron chi connectivity index (χ1n) is 10.2. The van der Waals surface area contributed by atoms with E-state index in [9.17, 15) is 14.9 Å². The summed E-state index contributed by atoms with van der Waals surface area (Å²) in [5.41, 5.74) is 7.18. The summed E-state index contributed by atoms with van der Waals surface area (Å²) in [7, 11) is 0. The molecule has 0 spiro atoms. The largest absolute Gasteiger partial charge is 0.462 e. The molecule has 32 heavy (non-hydrogen) atoms. The van der Waals surface area contributed by atoms with Gasteiger partial charge < -0.3 is 9.30 Å². The van der Waals surface area contributed by atoms with E-state index in [1.54, 1.807) is 49.5 Å². The molecule has 1 heterocycles. The normalized spacial score (nSPS) is 11.7. The number of aromatic nitrogens is 1. The predicted molar refractivity (Wildman–Crippen MR) is 122 cm³/mol. The van der Waals surface area contributed by atoms with E-state index < -0.39 is 11.8 Å². The number of esters is 1. The van der Waals surface area contributed by atoms with Crippen molar-refractivity contribution < 1.29 is 14.3 Å². The van der Waals surface area contributed by atoms with Crippen molar-refractivity contribution in [1.29, 1.82) is 5.26 Å². The topological polar surface area (TPSA) is 96.5 Å². The monoisotopic (exact) mass is 428 g/mol. The highest BCUT2D eigenvalue weighted by Crippen LogP contribution is 2.21. The van der Waals surface area contributed by atoms with E-state index in [2.05, 4.69) is 10.5 Å². The van der Waals surface area contributed by atoms with Crippen LogP contribution in [0, 0.1) is 25.2 Å². The van der Waals surface area contributed by atoms with Crippen molar-refractivity contribution in [2.75, 3.05) is 6.61 Å². The van der Waals surface area contributed by atoms with E-state index in [4.69, 9.17) is 4.74 Å². The molecule has 0 aliphatic rings. The zero-order chi connectivity index (χ0) is 23.1. The Morgan fingerprint density at radius 3 is 2.47 bits per heavy atom. The van der Waals surface area contributed by atoms with Crippen LogP contribution in [0.25, 0.3) is 5.69 Å². The van der Waals surface area contributed by atoms with E-state index in [0.29, 0.717) is 17.7 Å². The number of nitrogens with zero attached hydrogens (tertiary/aromatic N) is 3. The molecule has 2 aromatic carbocycles. The molecule has 0 fully saturated rings. The molecule has 7 nitrogen and oxygen atoms in total. The molecule has 0 radical (unpaired) electrons. The maximum absolute atomic E-state index is 12.4. The first kappa shape index (κ1) is 22.5. The van der Waals surface area contributed by atoms with Gasteiger partial charge in [-0.2, -0.15) is 10.4 Å². The molecule has 0 saturated carbocycles. The summed E-state index contributed by atoms with van der Waals surface area (Å²) < 4.78 is 7.05. The molecule has 0 aliphatic heterocycles. The number of hydrogen-bond acceptors (Lipinski definition) is 5. The number of hydrazone groups is 1. The van der Waals surface area contributed by atoms with Crippen LogP contribution in [0.15, 0.2) is 65.8 Å². The lowest BCUT2D eigenvalue weighted by atomic mass is 10.0. The molecule has 0 saturated heterocycles. The lowest BCUT2D eigenvalue weighted by molar-refractivity contribution is -0.121. The number of rotatable bonds is 7. The van der Waals surface area contributed by atoms with Gasteiger partial charge in [-0.25, -0.2) is 10.2 Å². The number of carbonyl (C=O) groups excluding carboxylic acids is 2. The van der Waals surface area contributed by atoms with Gasteiger partial charge in [0.25, 0.3) is 5.91 Å². The van der Waals surface area contributed by atoms with Gasteiger partial charge in [0, 0.05) is 22.6 Å². The van der Waals surface area contributed by atoms with Gasteiger partial charge in [-0.3, -0.25) is 4.79 Å². The molecular formula is C25H24N4O3. The SMILES string of the molecule is CCOC(=O)c1ccc(-n2c(C)cc(/C=N\NC(=O)[C@H](C#N)c3ccccc3)c2C)cc1. The summed E-state index contributed by atoms with van der Waals surface area (Å²) in [6, 6.07) is 20.0. The van der Waals surface area contributed by atoms with Crippen molar-refractivity contribution in [3.05, 3.63) is 88.7 Å². The molecule has 0 unspecified atom stereocenters. The Balaban J connectivity index is 1.75. The highest BCUT2D eigenvalue weighted by molar-refractivity contribution is 5.90. The summed E-state index contributed by atoms with van der Waals surface area (Å²) in [5, 5.41) is 13.4. The number of nitriles is 1. The Kier molecular flexibility index (Phi) is 7.19. The van der Waals surface area contributed by atoms with Gasteiger partial charge in [0.2, 0.25) is 0 Å². The molecule has 3 aromatic rings. The number of benzene rings is 2. The third-order valence-corrected chi connectivity index (χ3v) is 5.01. The highest BCUT2D eigenvalue weighted by Gasteiger charge is 2.19. The van der Waals surface area contributed by atoms with Crippen LogP contribution in [0.2, 0.25) is 0 Å². The van der Waals surface area contributed by atoms with E-state index in [-0.39, 0.29) is 5.97 Å². The van der Waals surface area contributed by atoms with Gasteiger partial charge in [-0.15, -0.1) is 0 Å². The van der Waals surface area contributed by atoms with Gasteiger partial charge in [0.1, 0.15) is 0 Å². The van der Waals surface area contributed by atoms with Gasteiger partial charge in [0.15, 0.2) is 5.92 Å². The molecule has 3 rings (SSSR count). The Hall–Kier alpha value is -4.18. The minimum Gasteiger partial charge on any atom is -0.462 e. The van der Waals surface area contributed by atoms with Crippen molar-refractivity contribution >= 4 is 18.1 Å². The molecule has 1 aromatic heterocycles. The Morgan fingerprint density at radius 2 is 1.84 bits per heavy atom. The molecule has 162 valence electrons. The molecule has 0 aliphatic carbocycles. The van der Waals surface area contributed by atoms with Crippen molar-refractivity contribution in [2.45, 2.75) is 26.7 Å². The number of hydrogen-bond donors (Lipinski definition) is 1. The fraction of sp³-hybridized carbons (Fsp3) is 0.200. The third-order valence-electron chi connectivity index (χ3n) is 5.01. The van der Waals surface area contributed by atoms with Crippen molar-refractivity contribution in [3.8, 4) is 11.8 Å². The van der Waals surface area contributed by atoms with Crippen LogP contribution in [0.5, 0.6) is 0 Å². The molecule has 0 bridgehead atoms. The standard InChI is InChI=1S/C25H24N4O3/c1-4-32-25(31)20-10-12-22(13-11-20)29-17(2)14-21(18(29)3)16-27-28-24(30)23(15-26)19-8-6-5-7-9-19/h5-14,16,23H,4H2,1-3H3,(H,28,30)/b27-16-/t23-/m1/s1. The number of carbonyl (C=O) groups is 2. The first-order chi connectivity index (χ1) is 15.5. The maximum Gasteiger partial charge on any atom is 0.338 e. The summed E-state index contributed by atoms with van der Waals surface area (Å²) in [6.45, 7) is 6.00. The van der Waals surface area contributed by atoms with Crippen LogP contribution in [0.3, 0.4) is 0 Å². The van der Waals surface area contributed by atoms with E-state index >= 15 is 0 Å². The zero-order valence-corrected chi connectivity index (χ0v) is 18.2. The number of aryl methyl sites for hydroxylation is 1. The second kappa shape index (κ2) is 10.2. The second-order valence-corrected chi connectivity index (χ2v) is 7.14. The smallest absolute Gasteiger partial charge is 0.338 e. The van der Waals surface area contributed by atoms with Crippen LogP contribution in [0.1, 0.15) is 45.7 Å². The van der Waals surface area contributed by atoms with E-state index in [0.717, 1.165) is 22.6 Å². The summed E-state index contributed by atoms with van der Waals surface area (Å²) in [4.78, 5) is 24.2. The summed E-state index contributed by atoms with van der Waals surface area (Å²) >= 11 is 0. The summed E-state index contributed by atoms with van der Waals surface area (Å²) in [6.07, 6.45) is 1.56. The van der Waals surface area contributed by atoms with Crippen LogP contribution < -0.4 is 5.43 Å². The summed E-state index contributed by atoms with van der Waals surface area (Å²) in [5.74, 6) is -1.77. The minimum atomic E-state index is -0.932. The first-order valence-corrected chi connectivity index (χ1v) is 10.2.